The Hall–Kier alpha value is -6.26. The normalized spacial score (nSPS) is 15.3. The van der Waals surface area contributed by atoms with Gasteiger partial charge in [0.2, 0.25) is 0 Å². The van der Waals surface area contributed by atoms with Crippen molar-refractivity contribution in [3.8, 4) is 5.75 Å². The zero-order chi connectivity index (χ0) is 51.0. The van der Waals surface area contributed by atoms with Gasteiger partial charge in [0.15, 0.2) is 27.9 Å². The van der Waals surface area contributed by atoms with Gasteiger partial charge < -0.3 is 22.3 Å². The molecule has 0 spiro atoms. The van der Waals surface area contributed by atoms with Crippen LogP contribution in [0.3, 0.4) is 0 Å². The van der Waals surface area contributed by atoms with Crippen LogP contribution in [0.15, 0.2) is 146 Å². The molecule has 1 aliphatic rings. The second kappa shape index (κ2) is 22.2. The Labute approximate surface area is 403 Å². The SMILES string of the molecule is NC1=NC(N)C=CC1=NNc1ccc(NS(=O)(=O)c2ccc(N=Nc3c(S(=O)(=O)O)cc4cc(SOOO)c(N=Nc5ccc(S(=O)(=O)CCOSOOO)cc5S(=O)(=O)O)c(N)c4c3O)cc2)cc1. The third-order valence-electron chi connectivity index (χ3n) is 8.97. The Morgan fingerprint density at radius 1 is 0.743 bits per heavy atom. The predicted octanol–water partition coefficient (Wildman–Crippen LogP) is 5.44. The number of hydrazone groups is 1. The Kier molecular flexibility index (Phi) is 16.9. The maximum atomic E-state index is 13.2. The number of fused-ring (bicyclic) bond motifs is 1. The van der Waals surface area contributed by atoms with E-state index in [0.717, 1.165) is 36.4 Å². The smallest absolute Gasteiger partial charge is 0.296 e. The number of aliphatic imine (C=N–C) groups is 1. The topological polar surface area (TPSA) is 460 Å². The second-order valence-electron chi connectivity index (χ2n) is 13.5. The number of nitrogens with zero attached hydrogens (tertiary/aromatic N) is 6. The number of hydrogen-bond donors (Lipinski definition) is 10. The molecule has 0 bridgehead atoms. The molecule has 5 aromatic carbocycles. The van der Waals surface area contributed by atoms with Crippen molar-refractivity contribution in [3.63, 3.8) is 0 Å². The summed E-state index contributed by atoms with van der Waals surface area (Å²) >= 11 is 0.268. The Morgan fingerprint density at radius 2 is 1.39 bits per heavy atom. The van der Waals surface area contributed by atoms with Crippen LogP contribution >= 0.6 is 24.4 Å². The minimum absolute atomic E-state index is 0.0863. The van der Waals surface area contributed by atoms with Gasteiger partial charge in [-0.1, -0.05) is 10.1 Å². The summed E-state index contributed by atoms with van der Waals surface area (Å²) in [6.07, 6.45) is 2.60. The first kappa shape index (κ1) is 53.1. The van der Waals surface area contributed by atoms with Crippen molar-refractivity contribution in [1.82, 2.24) is 0 Å². The van der Waals surface area contributed by atoms with E-state index in [1.807, 2.05) is 0 Å². The van der Waals surface area contributed by atoms with Gasteiger partial charge in [0.05, 0.1) is 61.5 Å². The number of amidine groups is 1. The Bertz CT molecular complexity index is 3420. The van der Waals surface area contributed by atoms with Crippen LogP contribution in [0.25, 0.3) is 10.8 Å². The summed E-state index contributed by atoms with van der Waals surface area (Å²) in [5.74, 6) is -1.66. The second-order valence-corrected chi connectivity index (χ2v) is 21.3. The number of phenols is 1. The number of sulfonamides is 1. The summed E-state index contributed by atoms with van der Waals surface area (Å²) in [4.78, 5) is 0.776. The van der Waals surface area contributed by atoms with E-state index in [2.05, 4.69) is 59.4 Å². The molecule has 0 amide bonds. The summed E-state index contributed by atoms with van der Waals surface area (Å²) in [5.41, 5.74) is 19.0. The fraction of sp³-hybridized carbons (Fsp3) is 0.0857. The van der Waals surface area contributed by atoms with Crippen LogP contribution in [-0.4, -0.2) is 88.5 Å². The summed E-state index contributed by atoms with van der Waals surface area (Å²) in [7, 11) is -19.0. The van der Waals surface area contributed by atoms with E-state index in [1.165, 1.54) is 36.4 Å². The van der Waals surface area contributed by atoms with Gasteiger partial charge in [-0.3, -0.25) is 23.4 Å². The number of benzene rings is 5. The molecule has 70 heavy (non-hydrogen) atoms. The van der Waals surface area contributed by atoms with Gasteiger partial charge in [0, 0.05) is 5.69 Å². The zero-order valence-corrected chi connectivity index (χ0v) is 39.5. The average molecular weight is 1090 g/mol. The molecule has 5 aromatic rings. The Morgan fingerprint density at radius 3 is 2.03 bits per heavy atom. The van der Waals surface area contributed by atoms with Crippen LogP contribution in [0.4, 0.5) is 39.8 Å². The number of aromatic hydroxyl groups is 1. The molecule has 1 atom stereocenters. The molecule has 6 rings (SSSR count). The van der Waals surface area contributed by atoms with E-state index >= 15 is 0 Å². The number of hydrogen-bond acceptors (Lipinski definition) is 28. The van der Waals surface area contributed by atoms with Crippen LogP contribution < -0.4 is 27.3 Å². The average Bonchev–Trinajstić information content (AvgIpc) is 3.29. The van der Waals surface area contributed by atoms with Gasteiger partial charge in [-0.25, -0.2) is 32.3 Å². The van der Waals surface area contributed by atoms with E-state index in [9.17, 15) is 47.9 Å². The van der Waals surface area contributed by atoms with Crippen molar-refractivity contribution in [2.75, 3.05) is 28.2 Å². The largest absolute Gasteiger partial charge is 0.505 e. The minimum Gasteiger partial charge on any atom is -0.505 e. The molecule has 0 saturated heterocycles. The molecule has 1 aliphatic heterocycles. The molecule has 0 aliphatic carbocycles. The van der Waals surface area contributed by atoms with Crippen molar-refractivity contribution in [3.05, 3.63) is 91.0 Å². The quantitative estimate of drug-likeness (QED) is 0.00832. The van der Waals surface area contributed by atoms with Gasteiger partial charge in [-0.15, -0.1) is 24.0 Å². The van der Waals surface area contributed by atoms with Crippen molar-refractivity contribution in [1.29, 1.82) is 0 Å². The number of azo groups is 2. The fourth-order valence-electron chi connectivity index (χ4n) is 5.82. The van der Waals surface area contributed by atoms with E-state index in [4.69, 9.17) is 31.9 Å². The first-order chi connectivity index (χ1) is 33.0. The third-order valence-corrected chi connectivity index (χ3v) is 14.8. The number of phenolic OH excluding ortho intramolecular Hbond substituents is 1. The molecule has 372 valence electrons. The van der Waals surface area contributed by atoms with Crippen LogP contribution in [0.5, 0.6) is 5.75 Å². The van der Waals surface area contributed by atoms with Gasteiger partial charge in [0.25, 0.3) is 30.3 Å². The lowest BCUT2D eigenvalue weighted by atomic mass is 10.1. The lowest BCUT2D eigenvalue weighted by Crippen LogP contribution is -2.31. The van der Waals surface area contributed by atoms with Gasteiger partial charge in [-0.05, 0) is 96.4 Å². The number of sulfone groups is 1. The van der Waals surface area contributed by atoms with Crippen molar-refractivity contribution < 1.29 is 81.3 Å². The summed E-state index contributed by atoms with van der Waals surface area (Å²) < 4.78 is 138. The standard InChI is InChI=1S/C35H33N11O18S6/c36-29-12-11-25(35(38)39-29)43-40-19-1-3-21(4-2-19)46-68(52,53)22-7-5-20(6-8-22)41-45-33-28(70(57,58)59)16-18-15-26(65-63-61-48)32(31(37)30(18)34(33)47)44-42-24-10-9-23(17-27(24)69(54,55)56)67(50,51)14-13-60-66-64-62-49/h1-12,15-17,29,40,46-49H,13-14,36-37H2,(H2,38,39)(H,54,55,56)(H,57,58,59). The number of anilines is 3. The highest BCUT2D eigenvalue weighted by Crippen LogP contribution is 2.49. The third kappa shape index (κ3) is 13.1. The number of nitrogen functional groups attached to an aromatic ring is 1. The molecular formula is C35H33N11O18S6. The highest BCUT2D eigenvalue weighted by atomic mass is 32.2. The fourth-order valence-corrected chi connectivity index (χ4v) is 10.2. The minimum atomic E-state index is -5.24. The molecule has 29 nitrogen and oxygen atoms in total. The molecule has 0 aromatic heterocycles. The van der Waals surface area contributed by atoms with Gasteiger partial charge in [0.1, 0.15) is 44.6 Å². The van der Waals surface area contributed by atoms with Crippen molar-refractivity contribution in [2.45, 2.75) is 30.6 Å². The summed E-state index contributed by atoms with van der Waals surface area (Å²) in [6.45, 7) is -0.543. The molecule has 1 heterocycles. The van der Waals surface area contributed by atoms with Gasteiger partial charge >= 0.3 is 0 Å². The highest BCUT2D eigenvalue weighted by molar-refractivity contribution is 7.94. The van der Waals surface area contributed by atoms with Crippen LogP contribution in [0.1, 0.15) is 0 Å². The highest BCUT2D eigenvalue weighted by Gasteiger charge is 2.27. The maximum Gasteiger partial charge on any atom is 0.296 e. The maximum absolute atomic E-state index is 13.2. The van der Waals surface area contributed by atoms with E-state index in [-0.39, 0.29) is 56.8 Å². The molecule has 35 heteroatoms. The first-order valence-corrected chi connectivity index (χ1v) is 26.0. The van der Waals surface area contributed by atoms with Gasteiger partial charge in [-0.2, -0.15) is 27.1 Å². The van der Waals surface area contributed by atoms with E-state index in [0.29, 0.717) is 17.5 Å². The van der Waals surface area contributed by atoms with Crippen LogP contribution in [0.2, 0.25) is 0 Å². The summed E-state index contributed by atoms with van der Waals surface area (Å²) in [6, 6.07) is 14.8. The van der Waals surface area contributed by atoms with E-state index < -0.39 is 107 Å². The number of dihydropyridines is 1. The van der Waals surface area contributed by atoms with E-state index in [1.54, 1.807) is 12.2 Å². The van der Waals surface area contributed by atoms with Crippen molar-refractivity contribution in [2.24, 2.45) is 42.0 Å². The number of nitrogens with two attached hydrogens (primary N) is 3. The molecule has 0 saturated carbocycles. The number of rotatable bonds is 21. The van der Waals surface area contributed by atoms with Crippen molar-refractivity contribution >= 4 is 127 Å². The summed E-state index contributed by atoms with van der Waals surface area (Å²) in [5, 5.41) is 54.3. The van der Waals surface area contributed by atoms with Crippen LogP contribution in [-0.2, 0) is 63.0 Å². The number of nitrogens with one attached hydrogen (secondary N) is 2. The first-order valence-electron chi connectivity index (χ1n) is 18.5. The zero-order valence-electron chi connectivity index (χ0n) is 34.6. The molecular weight excluding hydrogens is 1050 g/mol. The molecule has 1 unspecified atom stereocenters. The Balaban J connectivity index is 1.29. The lowest BCUT2D eigenvalue weighted by Gasteiger charge is -2.14. The molecule has 0 fully saturated rings. The predicted molar refractivity (Wildman–Crippen MR) is 249 cm³/mol. The van der Waals surface area contributed by atoms with Crippen LogP contribution in [0, 0.1) is 0 Å². The monoisotopic (exact) mass is 1090 g/mol. The molecule has 0 radical (unpaired) electrons. The molecule has 13 N–H and O–H groups in total. The lowest BCUT2D eigenvalue weighted by molar-refractivity contribution is -0.434.